The van der Waals surface area contributed by atoms with E-state index in [1.165, 1.54) is 16.7 Å². The highest BCUT2D eigenvalue weighted by Gasteiger charge is 2.08. The summed E-state index contributed by atoms with van der Waals surface area (Å²) in [6.45, 7) is 1.66. The molecule has 1 aliphatic heterocycles. The summed E-state index contributed by atoms with van der Waals surface area (Å²) in [5.74, 6) is 0.926. The first-order chi connectivity index (χ1) is 6.40. The maximum Gasteiger partial charge on any atom is 0.0719 e. The minimum absolute atomic E-state index is 0.788. The fourth-order valence-corrected chi connectivity index (χ4v) is 1.96. The van der Waals surface area contributed by atoms with Crippen molar-refractivity contribution in [2.24, 2.45) is 0 Å². The first kappa shape index (κ1) is 9.10. The summed E-state index contributed by atoms with van der Waals surface area (Å²) in [5, 5.41) is 0. The van der Waals surface area contributed by atoms with Gasteiger partial charge in [0.25, 0.3) is 0 Å². The second-order valence-corrected chi connectivity index (χ2v) is 3.83. The van der Waals surface area contributed by atoms with Crippen LogP contribution in [0.25, 0.3) is 0 Å². The molecule has 1 heterocycles. The van der Waals surface area contributed by atoms with E-state index >= 15 is 0 Å². The van der Waals surface area contributed by atoms with E-state index in [0.29, 0.717) is 0 Å². The van der Waals surface area contributed by atoms with Crippen molar-refractivity contribution in [3.05, 3.63) is 34.9 Å². The van der Waals surface area contributed by atoms with Crippen molar-refractivity contribution in [2.75, 3.05) is 12.4 Å². The predicted molar refractivity (Wildman–Crippen MR) is 57.4 cm³/mol. The minimum atomic E-state index is 0.788. The Hall–Kier alpha value is -0.470. The Morgan fingerprint density at radius 1 is 1.31 bits per heavy atom. The maximum atomic E-state index is 5.38. The molecule has 2 heteroatoms. The third-order valence-corrected chi connectivity index (χ3v) is 2.67. The minimum Gasteiger partial charge on any atom is -0.376 e. The van der Waals surface area contributed by atoms with Crippen molar-refractivity contribution in [1.29, 1.82) is 0 Å². The monoisotopic (exact) mass is 194 g/mol. The van der Waals surface area contributed by atoms with Crippen LogP contribution >= 0.6 is 12.6 Å². The highest BCUT2D eigenvalue weighted by atomic mass is 32.1. The van der Waals surface area contributed by atoms with Gasteiger partial charge in [0.2, 0.25) is 0 Å². The number of fused-ring (bicyclic) bond motifs is 1. The Bertz CT molecular complexity index is 296. The zero-order chi connectivity index (χ0) is 9.10. The second-order valence-electron chi connectivity index (χ2n) is 3.38. The van der Waals surface area contributed by atoms with E-state index in [4.69, 9.17) is 4.74 Å². The van der Waals surface area contributed by atoms with Crippen molar-refractivity contribution < 1.29 is 4.74 Å². The highest BCUT2D eigenvalue weighted by molar-refractivity contribution is 7.80. The molecule has 13 heavy (non-hydrogen) atoms. The third-order valence-electron chi connectivity index (χ3n) is 2.44. The first-order valence-electron chi connectivity index (χ1n) is 4.69. The lowest BCUT2D eigenvalue weighted by Gasteiger charge is -2.17. The lowest BCUT2D eigenvalue weighted by Crippen LogP contribution is -2.10. The number of rotatable bonds is 2. The number of hydrogen-bond donors (Lipinski definition) is 1. The van der Waals surface area contributed by atoms with Gasteiger partial charge in [-0.3, -0.25) is 0 Å². The van der Waals surface area contributed by atoms with Crippen molar-refractivity contribution in [3.63, 3.8) is 0 Å². The summed E-state index contributed by atoms with van der Waals surface area (Å²) >= 11 is 4.23. The van der Waals surface area contributed by atoms with Crippen LogP contribution < -0.4 is 0 Å². The van der Waals surface area contributed by atoms with Gasteiger partial charge in [-0.1, -0.05) is 18.2 Å². The smallest absolute Gasteiger partial charge is 0.0719 e. The van der Waals surface area contributed by atoms with Crippen LogP contribution in [0.5, 0.6) is 0 Å². The molecule has 0 unspecified atom stereocenters. The predicted octanol–water partition coefficient (Wildman–Crippen LogP) is 2.23. The molecule has 1 nitrogen and oxygen atoms in total. The molecule has 0 saturated carbocycles. The highest BCUT2D eigenvalue weighted by Crippen LogP contribution is 2.18. The van der Waals surface area contributed by atoms with Crippen molar-refractivity contribution in [3.8, 4) is 0 Å². The SMILES string of the molecule is SCCc1ccc2c(c1)CCOC2. The van der Waals surface area contributed by atoms with Crippen LogP contribution in [0.3, 0.4) is 0 Å². The van der Waals surface area contributed by atoms with Gasteiger partial charge in [-0.05, 0) is 35.3 Å². The summed E-state index contributed by atoms with van der Waals surface area (Å²) in [7, 11) is 0. The molecule has 1 aromatic carbocycles. The van der Waals surface area contributed by atoms with Gasteiger partial charge in [0.15, 0.2) is 0 Å². The largest absolute Gasteiger partial charge is 0.376 e. The first-order valence-corrected chi connectivity index (χ1v) is 5.32. The molecule has 0 aliphatic carbocycles. The van der Waals surface area contributed by atoms with Gasteiger partial charge in [0, 0.05) is 0 Å². The molecular weight excluding hydrogens is 180 g/mol. The van der Waals surface area contributed by atoms with Crippen LogP contribution in [-0.4, -0.2) is 12.4 Å². The molecule has 0 saturated heterocycles. The zero-order valence-corrected chi connectivity index (χ0v) is 8.52. The van der Waals surface area contributed by atoms with Crippen molar-refractivity contribution >= 4 is 12.6 Å². The zero-order valence-electron chi connectivity index (χ0n) is 7.62. The number of benzene rings is 1. The molecule has 1 aliphatic rings. The van der Waals surface area contributed by atoms with E-state index in [9.17, 15) is 0 Å². The van der Waals surface area contributed by atoms with E-state index in [-0.39, 0.29) is 0 Å². The number of thiol groups is 1. The number of hydrogen-bond acceptors (Lipinski definition) is 2. The molecule has 1 aromatic rings. The summed E-state index contributed by atoms with van der Waals surface area (Å²) in [6, 6.07) is 6.67. The Morgan fingerprint density at radius 2 is 2.23 bits per heavy atom. The van der Waals surface area contributed by atoms with Crippen LogP contribution in [0.4, 0.5) is 0 Å². The quantitative estimate of drug-likeness (QED) is 0.710. The number of ether oxygens (including phenoxy) is 1. The summed E-state index contributed by atoms with van der Waals surface area (Å²) in [5.41, 5.74) is 4.22. The van der Waals surface area contributed by atoms with Crippen LogP contribution in [0.1, 0.15) is 16.7 Å². The molecule has 0 radical (unpaired) electrons. The van der Waals surface area contributed by atoms with Crippen molar-refractivity contribution in [2.45, 2.75) is 19.4 Å². The van der Waals surface area contributed by atoms with Crippen LogP contribution in [0, 0.1) is 0 Å². The molecule has 0 aromatic heterocycles. The lowest BCUT2D eigenvalue weighted by atomic mass is 9.99. The molecule has 2 rings (SSSR count). The molecule has 0 atom stereocenters. The third kappa shape index (κ3) is 2.06. The standard InChI is InChI=1S/C11H14OS/c13-6-4-9-1-2-11-8-12-5-3-10(11)7-9/h1-2,7,13H,3-6,8H2. The normalized spacial score (nSPS) is 15.5. The lowest BCUT2D eigenvalue weighted by molar-refractivity contribution is 0.110. The average Bonchev–Trinajstić information content (AvgIpc) is 2.18. The maximum absolute atomic E-state index is 5.38. The van der Waals surface area contributed by atoms with Gasteiger partial charge in [0.1, 0.15) is 0 Å². The Kier molecular flexibility index (Phi) is 2.91. The van der Waals surface area contributed by atoms with Gasteiger partial charge in [0.05, 0.1) is 13.2 Å². The second kappa shape index (κ2) is 4.16. The Morgan fingerprint density at radius 3 is 3.08 bits per heavy atom. The summed E-state index contributed by atoms with van der Waals surface area (Å²) in [4.78, 5) is 0. The molecule has 0 N–H and O–H groups in total. The Labute approximate surface area is 84.5 Å². The van der Waals surface area contributed by atoms with E-state index in [2.05, 4.69) is 30.8 Å². The van der Waals surface area contributed by atoms with Crippen LogP contribution in [0.15, 0.2) is 18.2 Å². The van der Waals surface area contributed by atoms with Gasteiger partial charge in [-0.2, -0.15) is 12.6 Å². The molecule has 70 valence electrons. The average molecular weight is 194 g/mol. The number of aryl methyl sites for hydroxylation is 1. The van der Waals surface area contributed by atoms with Crippen molar-refractivity contribution in [1.82, 2.24) is 0 Å². The molecule has 0 bridgehead atoms. The summed E-state index contributed by atoms with van der Waals surface area (Å²) < 4.78 is 5.38. The molecule has 0 spiro atoms. The van der Waals surface area contributed by atoms with Gasteiger partial charge < -0.3 is 4.74 Å². The van der Waals surface area contributed by atoms with E-state index in [0.717, 1.165) is 31.8 Å². The Balaban J connectivity index is 2.24. The van der Waals surface area contributed by atoms with E-state index in [1.807, 2.05) is 0 Å². The topological polar surface area (TPSA) is 9.23 Å². The van der Waals surface area contributed by atoms with E-state index in [1.54, 1.807) is 0 Å². The molecule has 0 fully saturated rings. The van der Waals surface area contributed by atoms with Crippen LogP contribution in [-0.2, 0) is 24.2 Å². The fraction of sp³-hybridized carbons (Fsp3) is 0.455. The molecular formula is C11H14OS. The van der Waals surface area contributed by atoms with Crippen LogP contribution in [0.2, 0.25) is 0 Å². The van der Waals surface area contributed by atoms with Gasteiger partial charge in [-0.25, -0.2) is 0 Å². The fourth-order valence-electron chi connectivity index (χ4n) is 1.70. The van der Waals surface area contributed by atoms with Gasteiger partial charge >= 0.3 is 0 Å². The van der Waals surface area contributed by atoms with E-state index < -0.39 is 0 Å². The molecule has 0 amide bonds. The summed E-state index contributed by atoms with van der Waals surface area (Å²) in [6.07, 6.45) is 2.13. The van der Waals surface area contributed by atoms with Gasteiger partial charge in [-0.15, -0.1) is 0 Å².